The molecule has 45 heavy (non-hydrogen) atoms. The lowest BCUT2D eigenvalue weighted by Crippen LogP contribution is -2.16. The molecule has 4 nitrogen and oxygen atoms in total. The van der Waals surface area contributed by atoms with Gasteiger partial charge in [0.25, 0.3) is 0 Å². The molecule has 5 heterocycles. The van der Waals surface area contributed by atoms with Crippen LogP contribution in [-0.4, -0.2) is 28.0 Å². The zero-order valence-electron chi connectivity index (χ0n) is 26.8. The van der Waals surface area contributed by atoms with E-state index in [0.717, 1.165) is 79.1 Å². The number of hydrogen-bond acceptors (Lipinski definition) is 2. The molecule has 0 saturated heterocycles. The summed E-state index contributed by atoms with van der Waals surface area (Å²) >= 11 is 0. The second kappa shape index (κ2) is 10.9. The molecule has 0 fully saturated rings. The van der Waals surface area contributed by atoms with Crippen LogP contribution in [0.4, 0.5) is 0 Å². The van der Waals surface area contributed by atoms with E-state index in [1.165, 1.54) is 5.56 Å². The molecule has 7 rings (SSSR count). The second-order valence-electron chi connectivity index (χ2n) is 13.9. The average molecular weight is 603 g/mol. The molecular weight excluding hydrogens is 565 g/mol. The van der Waals surface area contributed by atoms with E-state index in [1.807, 2.05) is 0 Å². The van der Waals surface area contributed by atoms with E-state index in [4.69, 9.17) is 9.97 Å². The molecule has 5 aromatic rings. The van der Waals surface area contributed by atoms with Crippen molar-refractivity contribution in [2.45, 2.75) is 52.2 Å². The Morgan fingerprint density at radius 3 is 1.82 bits per heavy atom. The lowest BCUT2D eigenvalue weighted by atomic mass is 9.87. The minimum Gasteiger partial charge on any atom is -0.355 e. The van der Waals surface area contributed by atoms with E-state index in [9.17, 15) is 0 Å². The highest BCUT2D eigenvalue weighted by atomic mass is 28.3. The van der Waals surface area contributed by atoms with Crippen molar-refractivity contribution in [1.29, 1.82) is 0 Å². The highest BCUT2D eigenvalue weighted by molar-refractivity contribution is 6.83. The first-order valence-corrected chi connectivity index (χ1v) is 19.1. The van der Waals surface area contributed by atoms with Crippen LogP contribution in [0.2, 0.25) is 19.6 Å². The molecule has 0 unspecified atom stereocenters. The number of aromatic amines is 2. The zero-order chi connectivity index (χ0) is 31.3. The first-order valence-electron chi connectivity index (χ1n) is 15.6. The van der Waals surface area contributed by atoms with Crippen LogP contribution in [0.15, 0.2) is 84.9 Å². The molecule has 0 spiro atoms. The van der Waals surface area contributed by atoms with Gasteiger partial charge in [-0.2, -0.15) is 0 Å². The van der Waals surface area contributed by atoms with Gasteiger partial charge in [0.05, 0.1) is 11.4 Å². The minimum absolute atomic E-state index is 0.0663. The van der Waals surface area contributed by atoms with Gasteiger partial charge in [-0.05, 0) is 78.7 Å². The molecule has 0 saturated carbocycles. The molecule has 5 heteroatoms. The topological polar surface area (TPSA) is 57.4 Å². The predicted octanol–water partition coefficient (Wildman–Crippen LogP) is 9.88. The van der Waals surface area contributed by atoms with Gasteiger partial charge in [0.1, 0.15) is 8.07 Å². The maximum Gasteiger partial charge on any atom is 0.129 e. The molecule has 2 aliphatic rings. The van der Waals surface area contributed by atoms with Gasteiger partial charge < -0.3 is 9.97 Å². The van der Waals surface area contributed by atoms with Crippen molar-refractivity contribution in [3.63, 3.8) is 0 Å². The van der Waals surface area contributed by atoms with E-state index in [-0.39, 0.29) is 5.41 Å². The SMILES string of the molecule is Cc1ccc(-c2c3nc(c(-c4ccc(C#C[Si](C)(C)C)cc4)c4ccc(cc5nc(cc6ccc2[nH]6)C(C)(C)C5)[nH]4)C=C3)cc1. The minimum atomic E-state index is -1.47. The number of hydrogen-bond donors (Lipinski definition) is 2. The van der Waals surface area contributed by atoms with Crippen LogP contribution in [-0.2, 0) is 11.8 Å². The second-order valence-corrected chi connectivity index (χ2v) is 18.7. The van der Waals surface area contributed by atoms with Gasteiger partial charge >= 0.3 is 0 Å². The smallest absolute Gasteiger partial charge is 0.129 e. The van der Waals surface area contributed by atoms with Gasteiger partial charge in [0.15, 0.2) is 0 Å². The fraction of sp³-hybridized carbons (Fsp3) is 0.200. The van der Waals surface area contributed by atoms with E-state index >= 15 is 0 Å². The Morgan fingerprint density at radius 2 is 1.24 bits per heavy atom. The fourth-order valence-corrected chi connectivity index (χ4v) is 6.55. The van der Waals surface area contributed by atoms with Crippen molar-refractivity contribution in [3.8, 4) is 33.7 Å². The van der Waals surface area contributed by atoms with E-state index < -0.39 is 8.07 Å². The Labute approximate surface area is 266 Å². The number of benzene rings is 2. The van der Waals surface area contributed by atoms with Crippen molar-refractivity contribution in [3.05, 3.63) is 119 Å². The van der Waals surface area contributed by atoms with E-state index in [1.54, 1.807) is 0 Å². The molecule has 8 bridgehead atoms. The van der Waals surface area contributed by atoms with Crippen LogP contribution in [0.1, 0.15) is 47.8 Å². The van der Waals surface area contributed by atoms with Gasteiger partial charge in [-0.3, -0.25) is 4.98 Å². The molecule has 222 valence electrons. The zero-order valence-corrected chi connectivity index (χ0v) is 27.8. The number of nitrogens with zero attached hydrogens (tertiary/aromatic N) is 2. The third kappa shape index (κ3) is 5.94. The molecule has 2 N–H and O–H groups in total. The third-order valence-corrected chi connectivity index (χ3v) is 9.27. The summed E-state index contributed by atoms with van der Waals surface area (Å²) in [5, 5.41) is 0. The van der Waals surface area contributed by atoms with Crippen LogP contribution in [0, 0.1) is 18.4 Å². The van der Waals surface area contributed by atoms with E-state index in [0.29, 0.717) is 0 Å². The summed E-state index contributed by atoms with van der Waals surface area (Å²) in [7, 11) is -1.47. The monoisotopic (exact) mass is 602 g/mol. The van der Waals surface area contributed by atoms with Gasteiger partial charge in [-0.15, -0.1) is 5.54 Å². The number of nitrogens with one attached hydrogen (secondary N) is 2. The number of fused-ring (bicyclic) bond motifs is 8. The molecule has 3 aromatic heterocycles. The molecule has 0 amide bonds. The van der Waals surface area contributed by atoms with Crippen molar-refractivity contribution in [2.75, 3.05) is 0 Å². The van der Waals surface area contributed by atoms with Gasteiger partial charge in [-0.1, -0.05) is 81.4 Å². The van der Waals surface area contributed by atoms with Crippen molar-refractivity contribution >= 4 is 42.3 Å². The van der Waals surface area contributed by atoms with E-state index in [2.05, 4.69) is 159 Å². The van der Waals surface area contributed by atoms with Gasteiger partial charge in [-0.25, -0.2) is 4.98 Å². The van der Waals surface area contributed by atoms with Gasteiger partial charge in [0, 0.05) is 62.0 Å². The van der Waals surface area contributed by atoms with Crippen LogP contribution < -0.4 is 0 Å². The molecule has 0 radical (unpaired) electrons. The Bertz CT molecular complexity index is 2190. The summed E-state index contributed by atoms with van der Waals surface area (Å²) in [4.78, 5) is 17.8. The van der Waals surface area contributed by atoms with Crippen LogP contribution in [0.25, 0.3) is 56.5 Å². The highest BCUT2D eigenvalue weighted by Gasteiger charge is 2.28. The van der Waals surface area contributed by atoms with Crippen LogP contribution in [0.5, 0.6) is 0 Å². The average Bonchev–Trinajstić information content (AvgIpc) is 3.79. The Morgan fingerprint density at radius 1 is 0.689 bits per heavy atom. The summed E-state index contributed by atoms with van der Waals surface area (Å²) < 4.78 is 0. The maximum absolute atomic E-state index is 5.31. The maximum atomic E-state index is 5.31. The summed E-state index contributed by atoms with van der Waals surface area (Å²) in [5.74, 6) is 3.40. The molecule has 2 aromatic carbocycles. The van der Waals surface area contributed by atoms with Crippen LogP contribution in [0.3, 0.4) is 0 Å². The summed E-state index contributed by atoms with van der Waals surface area (Å²) in [6.45, 7) is 13.5. The molecule has 0 aliphatic carbocycles. The largest absolute Gasteiger partial charge is 0.355 e. The third-order valence-electron chi connectivity index (χ3n) is 8.40. The lowest BCUT2D eigenvalue weighted by molar-refractivity contribution is 0.543. The Kier molecular flexibility index (Phi) is 6.99. The normalized spacial score (nSPS) is 13.8. The lowest BCUT2D eigenvalue weighted by Gasteiger charge is -2.15. The fourth-order valence-electron chi connectivity index (χ4n) is 6.03. The highest BCUT2D eigenvalue weighted by Crippen LogP contribution is 2.35. The molecule has 2 aliphatic heterocycles. The Hall–Kier alpha value is -4.92. The first kappa shape index (κ1) is 28.8. The quantitative estimate of drug-likeness (QED) is 0.153. The number of H-pyrrole nitrogens is 2. The summed E-state index contributed by atoms with van der Waals surface area (Å²) in [6, 6.07) is 30.3. The standard InChI is InChI=1S/C40H38N4Si/c1-26-7-11-28(12-8-26)38-34-18-16-31(42-34)24-37-40(2,3)25-32(43-37)23-30-15-17-33(41-30)39(36-20-19-35(38)44-36)29-13-9-27(10-14-29)21-22-45(4,5)6/h7-20,23-24,41-42H,25H2,1-6H3. The molecule has 0 atom stereocenters. The van der Waals surface area contributed by atoms with Crippen molar-refractivity contribution in [1.82, 2.24) is 19.9 Å². The van der Waals surface area contributed by atoms with Crippen molar-refractivity contribution < 1.29 is 0 Å². The summed E-state index contributed by atoms with van der Waals surface area (Å²) in [6.07, 6.45) is 5.16. The Balaban J connectivity index is 1.54. The molecular formula is C40H38N4Si. The number of rotatable bonds is 2. The van der Waals surface area contributed by atoms with Gasteiger partial charge in [0.2, 0.25) is 0 Å². The first-order chi connectivity index (χ1) is 21.5. The number of aromatic nitrogens is 4. The summed E-state index contributed by atoms with van der Waals surface area (Å²) in [5.41, 5.74) is 18.2. The van der Waals surface area contributed by atoms with Crippen LogP contribution >= 0.6 is 0 Å². The number of aryl methyl sites for hydroxylation is 1. The van der Waals surface area contributed by atoms with Crippen molar-refractivity contribution in [2.24, 2.45) is 0 Å². The predicted molar refractivity (Wildman–Crippen MR) is 192 cm³/mol.